The third kappa shape index (κ3) is 2.48. The van der Waals surface area contributed by atoms with Crippen molar-refractivity contribution in [2.45, 2.75) is 11.8 Å². The predicted molar refractivity (Wildman–Crippen MR) is 52.6 cm³/mol. The van der Waals surface area contributed by atoms with Gasteiger partial charge in [-0.1, -0.05) is 0 Å². The number of hydrogen-bond donors (Lipinski definition) is 0. The first kappa shape index (κ1) is 13.3. The van der Waals surface area contributed by atoms with Crippen molar-refractivity contribution in [1.82, 2.24) is 14.6 Å². The van der Waals surface area contributed by atoms with Crippen LogP contribution < -0.4 is 29.6 Å². The maximum atomic E-state index is 10.9. The maximum absolute atomic E-state index is 10.9. The summed E-state index contributed by atoms with van der Waals surface area (Å²) in [6.07, 6.45) is 3.19. The molecular formula is C7H5BrN3NaO2S. The molecule has 8 heteroatoms. The zero-order valence-electron chi connectivity index (χ0n) is 8.10. The van der Waals surface area contributed by atoms with Gasteiger partial charge in [-0.05, 0) is 33.9 Å². The zero-order chi connectivity index (χ0) is 10.3. The molecule has 0 N–H and O–H groups in total. The average molecular weight is 298 g/mol. The minimum atomic E-state index is -2.30. The standard InChI is InChI=1S/C7H6BrN3O2S.Na/c1-4-6(14(12)13)7-9-2-5(8)3-11(7)10-4;/h2-3H,1H3,(H,12,13);/q;+1/p-1. The smallest absolute Gasteiger partial charge is 0.768 e. The molecular weight excluding hydrogens is 293 g/mol. The number of fused-ring (bicyclic) bond motifs is 1. The molecule has 0 spiro atoms. The number of rotatable bonds is 1. The molecule has 2 aromatic rings. The molecule has 0 saturated heterocycles. The summed E-state index contributed by atoms with van der Waals surface area (Å²) in [5.41, 5.74) is 0.794. The summed E-state index contributed by atoms with van der Waals surface area (Å²) < 4.78 is 23.9. The molecule has 1 atom stereocenters. The Hall–Kier alpha value is 0.210. The molecule has 15 heavy (non-hydrogen) atoms. The fourth-order valence-corrected chi connectivity index (χ4v) is 2.07. The summed E-state index contributed by atoms with van der Waals surface area (Å²) in [7, 11) is 0. The van der Waals surface area contributed by atoms with Gasteiger partial charge in [-0.3, -0.25) is 4.21 Å². The van der Waals surface area contributed by atoms with Crippen LogP contribution in [0.1, 0.15) is 5.69 Å². The molecule has 74 valence electrons. The Bertz CT molecular complexity index is 530. The van der Waals surface area contributed by atoms with E-state index >= 15 is 0 Å². The van der Waals surface area contributed by atoms with E-state index in [2.05, 4.69) is 26.0 Å². The number of halogens is 1. The van der Waals surface area contributed by atoms with E-state index in [1.165, 1.54) is 10.7 Å². The van der Waals surface area contributed by atoms with Crippen LogP contribution in [0.2, 0.25) is 0 Å². The van der Waals surface area contributed by atoms with Gasteiger partial charge >= 0.3 is 29.6 Å². The molecule has 2 rings (SSSR count). The van der Waals surface area contributed by atoms with Crippen LogP contribution in [0.3, 0.4) is 0 Å². The van der Waals surface area contributed by atoms with Gasteiger partial charge in [0.1, 0.15) is 0 Å². The second-order valence-corrected chi connectivity index (χ2v) is 4.48. The molecule has 0 aliphatic rings. The summed E-state index contributed by atoms with van der Waals surface area (Å²) in [5, 5.41) is 4.03. The Morgan fingerprint density at radius 2 is 2.27 bits per heavy atom. The molecule has 0 aromatic carbocycles. The van der Waals surface area contributed by atoms with Gasteiger partial charge in [-0.2, -0.15) is 5.10 Å². The van der Waals surface area contributed by atoms with Crippen LogP contribution in [0.4, 0.5) is 0 Å². The molecule has 0 aliphatic heterocycles. The minimum Gasteiger partial charge on any atom is -0.768 e. The second-order valence-electron chi connectivity index (χ2n) is 2.69. The van der Waals surface area contributed by atoms with Gasteiger partial charge in [0, 0.05) is 12.4 Å². The van der Waals surface area contributed by atoms with E-state index in [0.29, 0.717) is 11.3 Å². The largest absolute Gasteiger partial charge is 1.00 e. The number of aryl methyl sites for hydroxylation is 1. The molecule has 5 nitrogen and oxygen atoms in total. The van der Waals surface area contributed by atoms with Crippen LogP contribution in [0.25, 0.3) is 5.65 Å². The summed E-state index contributed by atoms with van der Waals surface area (Å²) >= 11 is 0.924. The second kappa shape index (κ2) is 5.03. The number of hydrogen-bond acceptors (Lipinski definition) is 4. The molecule has 0 bridgehead atoms. The number of nitrogens with zero attached hydrogens (tertiary/aromatic N) is 3. The van der Waals surface area contributed by atoms with Crippen molar-refractivity contribution in [3.8, 4) is 0 Å². The summed E-state index contributed by atoms with van der Waals surface area (Å²) in [4.78, 5) is 4.13. The van der Waals surface area contributed by atoms with E-state index in [9.17, 15) is 8.76 Å². The van der Waals surface area contributed by atoms with Crippen molar-refractivity contribution in [2.24, 2.45) is 0 Å². The third-order valence-electron chi connectivity index (χ3n) is 1.73. The molecule has 0 amide bonds. The van der Waals surface area contributed by atoms with Crippen molar-refractivity contribution in [3.63, 3.8) is 0 Å². The van der Waals surface area contributed by atoms with Crippen LogP contribution in [0.5, 0.6) is 0 Å². The van der Waals surface area contributed by atoms with Crippen LogP contribution in [-0.2, 0) is 11.1 Å². The average Bonchev–Trinajstić information content (AvgIpc) is 2.39. The van der Waals surface area contributed by atoms with Crippen molar-refractivity contribution in [3.05, 3.63) is 22.6 Å². The molecule has 2 aromatic heterocycles. The van der Waals surface area contributed by atoms with Crippen LogP contribution >= 0.6 is 15.9 Å². The van der Waals surface area contributed by atoms with E-state index in [0.717, 1.165) is 4.47 Å². The summed E-state index contributed by atoms with van der Waals surface area (Å²) in [6, 6.07) is 0. The number of aromatic nitrogens is 3. The topological polar surface area (TPSA) is 70.3 Å². The third-order valence-corrected chi connectivity index (χ3v) is 2.95. The van der Waals surface area contributed by atoms with Crippen molar-refractivity contribution in [2.75, 3.05) is 0 Å². The van der Waals surface area contributed by atoms with E-state index in [-0.39, 0.29) is 34.5 Å². The Balaban J connectivity index is 0.00000112. The Morgan fingerprint density at radius 3 is 2.87 bits per heavy atom. The fraction of sp³-hybridized carbons (Fsp3) is 0.143. The normalized spacial score (nSPS) is 12.5. The first-order chi connectivity index (χ1) is 6.59. The molecule has 0 fully saturated rings. The molecule has 0 radical (unpaired) electrons. The van der Waals surface area contributed by atoms with Gasteiger partial charge in [0.05, 0.1) is 15.1 Å². The van der Waals surface area contributed by atoms with Crippen molar-refractivity contribution in [1.29, 1.82) is 0 Å². The van der Waals surface area contributed by atoms with Crippen molar-refractivity contribution >= 4 is 32.7 Å². The quantitative estimate of drug-likeness (QED) is 0.453. The van der Waals surface area contributed by atoms with E-state index in [4.69, 9.17) is 0 Å². The molecule has 0 saturated carbocycles. The minimum absolute atomic E-state index is 0. The zero-order valence-corrected chi connectivity index (χ0v) is 12.5. The van der Waals surface area contributed by atoms with Gasteiger partial charge in [-0.15, -0.1) is 0 Å². The molecule has 2 heterocycles. The van der Waals surface area contributed by atoms with Crippen LogP contribution in [0, 0.1) is 6.92 Å². The van der Waals surface area contributed by atoms with Crippen molar-refractivity contribution < 1.29 is 38.3 Å². The van der Waals surface area contributed by atoms with Crippen LogP contribution in [-0.4, -0.2) is 23.4 Å². The van der Waals surface area contributed by atoms with Gasteiger partial charge in [-0.25, -0.2) is 9.50 Å². The van der Waals surface area contributed by atoms with Crippen LogP contribution in [0.15, 0.2) is 21.8 Å². The fourth-order valence-electron chi connectivity index (χ4n) is 1.20. The van der Waals surface area contributed by atoms with Gasteiger partial charge in [0.2, 0.25) is 0 Å². The molecule has 1 unspecified atom stereocenters. The van der Waals surface area contributed by atoms with Gasteiger partial charge < -0.3 is 4.55 Å². The Labute approximate surface area is 119 Å². The molecule has 0 aliphatic carbocycles. The summed E-state index contributed by atoms with van der Waals surface area (Å²) in [5.74, 6) is 0. The Morgan fingerprint density at radius 1 is 1.60 bits per heavy atom. The van der Waals surface area contributed by atoms with E-state index in [1.54, 1.807) is 13.1 Å². The van der Waals surface area contributed by atoms with E-state index < -0.39 is 11.1 Å². The summed E-state index contributed by atoms with van der Waals surface area (Å²) in [6.45, 7) is 1.63. The predicted octanol–water partition coefficient (Wildman–Crippen LogP) is -1.96. The first-order valence-electron chi connectivity index (χ1n) is 3.69. The van der Waals surface area contributed by atoms with E-state index in [1.807, 2.05) is 0 Å². The van der Waals surface area contributed by atoms with Gasteiger partial charge in [0.15, 0.2) is 5.65 Å². The SMILES string of the molecule is Cc1nn2cc(Br)cnc2c1S(=O)[O-].[Na+]. The maximum Gasteiger partial charge on any atom is 1.00 e. The Kier molecular flexibility index (Phi) is 4.45. The monoisotopic (exact) mass is 297 g/mol. The van der Waals surface area contributed by atoms with Gasteiger partial charge in [0.25, 0.3) is 0 Å². The first-order valence-corrected chi connectivity index (χ1v) is 5.56.